The van der Waals surface area contributed by atoms with Crippen molar-refractivity contribution in [3.8, 4) is 23.5 Å². The van der Waals surface area contributed by atoms with Crippen LogP contribution in [0.1, 0.15) is 380 Å². The summed E-state index contributed by atoms with van der Waals surface area (Å²) in [6, 6.07) is 0. The van der Waals surface area contributed by atoms with E-state index in [4.69, 9.17) is 98.9 Å². The van der Waals surface area contributed by atoms with Crippen molar-refractivity contribution in [2.75, 3.05) is 52.9 Å². The molecule has 18 rings (SSSR count). The first-order valence-corrected chi connectivity index (χ1v) is 49.0. The van der Waals surface area contributed by atoms with Crippen molar-refractivity contribution in [3.63, 3.8) is 0 Å². The number of halogens is 1. The third-order valence-corrected chi connectivity index (χ3v) is 32.4. The largest absolute Gasteiger partial charge is 0.515 e. The summed E-state index contributed by atoms with van der Waals surface area (Å²) in [4.78, 5) is 73.9. The number of rotatable bonds is 8. The fourth-order valence-corrected chi connectivity index (χ4v) is 25.0. The van der Waals surface area contributed by atoms with Crippen LogP contribution < -0.4 is 18.9 Å². The molecule has 702 valence electrons. The average Bonchev–Trinajstić information content (AvgIpc) is 1.59. The first-order chi connectivity index (χ1) is 59.9. The van der Waals surface area contributed by atoms with Gasteiger partial charge in [0.1, 0.15) is 45.8 Å². The number of hydrogen-bond acceptors (Lipinski definition) is 23. The molecule has 0 amide bonds. The van der Waals surface area contributed by atoms with Crippen molar-refractivity contribution in [2.24, 2.45) is 53.3 Å². The monoisotopic (exact) mass is 1780 g/mol. The maximum Gasteiger partial charge on any atom is 0.220 e. The van der Waals surface area contributed by atoms with Crippen LogP contribution in [0.5, 0.6) is 23.5 Å². The summed E-state index contributed by atoms with van der Waals surface area (Å²) >= 11 is 6.60. The molecule has 6 aromatic rings. The molecule has 10 aliphatic carbocycles. The van der Waals surface area contributed by atoms with Gasteiger partial charge in [-0.15, -0.1) is 0 Å². The minimum atomic E-state index is -0.385. The van der Waals surface area contributed by atoms with E-state index in [1.54, 1.807) is 0 Å². The third-order valence-electron chi connectivity index (χ3n) is 32.1. The van der Waals surface area contributed by atoms with E-state index in [1.165, 1.54) is 39.3 Å². The molecule has 0 aromatic carbocycles. The summed E-state index contributed by atoms with van der Waals surface area (Å²) in [5.41, 5.74) is 12.2. The fourth-order valence-electron chi connectivity index (χ4n) is 24.8. The highest BCUT2D eigenvalue weighted by Crippen LogP contribution is 2.62. The number of fused-ring (bicyclic) bond motifs is 16. The van der Waals surface area contributed by atoms with E-state index < -0.39 is 0 Å². The zero-order valence-corrected chi connectivity index (χ0v) is 83.8. The van der Waals surface area contributed by atoms with Crippen LogP contribution >= 0.6 is 11.6 Å². The molecule has 0 radical (unpaired) electrons. The predicted molar refractivity (Wildman–Crippen MR) is 497 cm³/mol. The van der Waals surface area contributed by atoms with Gasteiger partial charge in [-0.05, 0) is 154 Å². The number of aromatic nitrogens is 11. The Balaban J connectivity index is 0.000000130. The third kappa shape index (κ3) is 17.4. The molecule has 2 saturated heterocycles. The highest BCUT2D eigenvalue weighted by atomic mass is 35.5. The molecule has 15 atom stereocenters. The first kappa shape index (κ1) is 96.9. The summed E-state index contributed by atoms with van der Waals surface area (Å²) in [6.07, 6.45) is 19.6. The van der Waals surface area contributed by atoms with Gasteiger partial charge in [-0.25, -0.2) is 29.9 Å². The van der Waals surface area contributed by atoms with Crippen molar-refractivity contribution in [2.45, 2.75) is 388 Å². The number of nitrogens with zero attached hydrogens (tertiary/aromatic N) is 11. The second-order valence-electron chi connectivity index (χ2n) is 45.7. The van der Waals surface area contributed by atoms with Crippen molar-refractivity contribution >= 4 is 23.2 Å². The van der Waals surface area contributed by atoms with E-state index in [9.17, 15) is 14.7 Å². The van der Waals surface area contributed by atoms with Crippen LogP contribution in [0.4, 0.5) is 0 Å². The number of hydrogen-bond donors (Lipinski definition) is 1. The Hall–Kier alpha value is -7.18. The lowest BCUT2D eigenvalue weighted by molar-refractivity contribution is -0.235. The second kappa shape index (κ2) is 35.7. The van der Waals surface area contributed by atoms with Gasteiger partial charge in [-0.2, -0.15) is 19.9 Å². The summed E-state index contributed by atoms with van der Waals surface area (Å²) in [6.45, 7) is 68.0. The number of carbonyl (C=O) groups is 2. The number of ketones is 2. The maximum atomic E-state index is 12.6. The average molecular weight is 1780 g/mol. The Labute approximate surface area is 768 Å². The van der Waals surface area contributed by atoms with Gasteiger partial charge in [0.15, 0.2) is 17.4 Å². The van der Waals surface area contributed by atoms with Crippen molar-refractivity contribution in [1.29, 1.82) is 0 Å². The molecule has 0 bridgehead atoms. The van der Waals surface area contributed by atoms with E-state index in [0.717, 1.165) is 197 Å². The summed E-state index contributed by atoms with van der Waals surface area (Å²) in [5.74, 6) is 11.1. The molecule has 6 fully saturated rings. The molecule has 24 heteroatoms. The van der Waals surface area contributed by atoms with Gasteiger partial charge < -0.3 is 47.5 Å². The van der Waals surface area contributed by atoms with Crippen molar-refractivity contribution in [1.82, 2.24) is 55.0 Å². The van der Waals surface area contributed by atoms with Gasteiger partial charge in [0.2, 0.25) is 23.5 Å². The van der Waals surface area contributed by atoms with Crippen LogP contribution in [0.15, 0.2) is 22.6 Å². The zero-order chi connectivity index (χ0) is 93.1. The van der Waals surface area contributed by atoms with E-state index in [2.05, 4.69) is 176 Å². The zero-order valence-electron chi connectivity index (χ0n) is 83.0. The minimum Gasteiger partial charge on any atom is -0.515 e. The van der Waals surface area contributed by atoms with Crippen LogP contribution in [0.2, 0.25) is 5.15 Å². The number of aliphatic hydroxyl groups is 1. The molecule has 2 spiro atoms. The standard InChI is InChI=1S/C22H34N2O3.C21H29N3O2.C21H30N2O3.C20H29ClN2O2.C20H30N2O2/c1-7-25-18-15-8-9-16-14(2)22(26-12-13-27-22)11-10-21(16,6)17(15)23-19(24-18)20(3,4)5;1-7-25-18-14-8-9-15-12(2)16-13(11-22-26-16)10-21(15,6)17(14)23-19(24-18)20(3,4)5;1-7-26-18-14-8-9-15-12(2)16(25)13(11-24)10-21(15,6)17(14)22-19(23-18)20(3,4)5;1-12-14-7-6-13-15(22-17(18(2,3)4)23-16(13)21)19(14,5)8-9-20(12)24-10-11-25-20;1-7-24-17-13-8-9-14-12(2)15(23)10-11-20(14,6)16(13)21-18(22-17)19(3,4)5/h14,16H,7-13H2,1-6H3;11-12,15H,7-10H2,1-6H3;11-12,15,24H,7-10H2,1-6H3;12,14H,6-11H2,1-5H3;12,14H,7-11H2,1-6H3/b;;13-11-;;/t14-,16-,21-;2*12-,15-,21-;12-,14-,19-;12-,14-,20-/m00000/s1. The van der Waals surface area contributed by atoms with Gasteiger partial charge in [-0.3, -0.25) is 9.59 Å². The van der Waals surface area contributed by atoms with E-state index >= 15 is 0 Å². The van der Waals surface area contributed by atoms with Crippen LogP contribution in [-0.2, 0) is 121 Å². The molecular formula is C104H152ClN11O12. The lowest BCUT2D eigenvalue weighted by Crippen LogP contribution is -2.55. The Bertz CT molecular complexity index is 5130. The molecule has 2 aliphatic heterocycles. The lowest BCUT2D eigenvalue weighted by atomic mass is 9.55. The smallest absolute Gasteiger partial charge is 0.220 e. The Morgan fingerprint density at radius 2 is 0.711 bits per heavy atom. The van der Waals surface area contributed by atoms with Crippen molar-refractivity contribution in [3.05, 3.63) is 120 Å². The quantitative estimate of drug-likeness (QED) is 0.0841. The highest BCUT2D eigenvalue weighted by molar-refractivity contribution is 6.30. The number of aliphatic hydroxyl groups excluding tert-OH is 1. The topological polar surface area (TPSA) is 283 Å². The molecule has 128 heavy (non-hydrogen) atoms. The van der Waals surface area contributed by atoms with Crippen molar-refractivity contribution < 1.29 is 57.1 Å². The summed E-state index contributed by atoms with van der Waals surface area (Å²) in [5, 5.41) is 14.3. The van der Waals surface area contributed by atoms with Gasteiger partial charge in [0.05, 0.1) is 93.8 Å². The van der Waals surface area contributed by atoms with E-state index in [0.29, 0.717) is 116 Å². The molecule has 8 heterocycles. The normalized spacial score (nSPS) is 30.7. The fraction of sp³-hybridized carbons (Fsp3) is 0.740. The Kier molecular flexibility index (Phi) is 27.0. The lowest BCUT2D eigenvalue weighted by Gasteiger charge is -2.54. The first-order valence-electron chi connectivity index (χ1n) is 48.6. The Morgan fingerprint density at radius 1 is 0.398 bits per heavy atom. The molecule has 1 N–H and O–H groups in total. The van der Waals surface area contributed by atoms with E-state index in [1.807, 2.05) is 40.8 Å². The number of allylic oxidation sites excluding steroid dienone is 1. The molecule has 6 aromatic heterocycles. The van der Waals surface area contributed by atoms with Crippen LogP contribution in [0.25, 0.3) is 0 Å². The highest BCUT2D eigenvalue weighted by Gasteiger charge is 2.62. The van der Waals surface area contributed by atoms with Gasteiger partial charge >= 0.3 is 0 Å². The molecule has 23 nitrogen and oxygen atoms in total. The van der Waals surface area contributed by atoms with E-state index in [-0.39, 0.29) is 89.3 Å². The number of Topliss-reactive ketones (excluding diaryl/α,β-unsaturated/α-hetero) is 2. The SMILES string of the molecule is CCOc1nc(C(C)(C)C)nc2c1CC[C@H]1[C@H](C)C(=O)/C(=C\O)C[C@]21C.CCOc1nc(C(C)(C)C)nc2c1CC[C@H]1[C@H](C)C(=O)CC[C@]21C.CCOc1nc(C(C)(C)C)nc2c1CC[C@H]1[C@H](C)C3(CC[C@]21C)OCCO3.CCOc1nc(C(C)(C)C)nc2c1CC[C@H]1[C@H](C)c3oncc3C[C@]21C.C[C@H]1[C@@H]2CCc3c(Cl)nc(C(C)(C)C)nc3[C@@]2(C)CCC12OCCO2. The summed E-state index contributed by atoms with van der Waals surface area (Å²) < 4.78 is 53.8. The molecule has 4 saturated carbocycles. The number of ether oxygens (including phenoxy) is 8. The van der Waals surface area contributed by atoms with Gasteiger partial charge in [0.25, 0.3) is 0 Å². The van der Waals surface area contributed by atoms with Crippen LogP contribution in [0.3, 0.4) is 0 Å². The minimum absolute atomic E-state index is 0.0140. The van der Waals surface area contributed by atoms with Gasteiger partial charge in [0, 0.05) is 142 Å². The second-order valence-corrected chi connectivity index (χ2v) is 46.1. The molecular weight excluding hydrogens is 1630 g/mol. The Morgan fingerprint density at radius 3 is 1.07 bits per heavy atom. The van der Waals surface area contributed by atoms with Crippen LogP contribution in [0, 0.1) is 53.3 Å². The molecule has 0 unspecified atom stereocenters. The summed E-state index contributed by atoms with van der Waals surface area (Å²) in [7, 11) is 0. The maximum absolute atomic E-state index is 12.6. The van der Waals surface area contributed by atoms with Crippen LogP contribution in [-0.4, -0.2) is 136 Å². The van der Waals surface area contributed by atoms with Gasteiger partial charge in [-0.1, -0.05) is 190 Å². The number of carbonyl (C=O) groups excluding carboxylic acids is 2. The predicted octanol–water partition coefficient (Wildman–Crippen LogP) is 21.0. The molecule has 12 aliphatic rings.